The Balaban J connectivity index is 2.68. The number of phenols is 1. The molecule has 0 aliphatic heterocycles. The third kappa shape index (κ3) is 1.40. The van der Waals surface area contributed by atoms with Crippen molar-refractivity contribution in [2.45, 2.75) is 0 Å². The summed E-state index contributed by atoms with van der Waals surface area (Å²) in [5.74, 6) is 0.693. The van der Waals surface area contributed by atoms with E-state index < -0.39 is 0 Å². The molecule has 1 N–H and O–H groups in total. The van der Waals surface area contributed by atoms with Crippen LogP contribution in [-0.2, 0) is 4.79 Å². The zero-order valence-corrected chi connectivity index (χ0v) is 7.31. The zero-order valence-electron chi connectivity index (χ0n) is 7.31. The lowest BCUT2D eigenvalue weighted by molar-refractivity contribution is -0.120. The summed E-state index contributed by atoms with van der Waals surface area (Å²) in [6.45, 7) is 0.391. The molecule has 2 rings (SSSR count). The van der Waals surface area contributed by atoms with E-state index in [9.17, 15) is 9.90 Å². The number of carbonyl (C=O) groups is 1. The van der Waals surface area contributed by atoms with Crippen molar-refractivity contribution in [2.75, 3.05) is 0 Å². The maximum atomic E-state index is 10.2. The first-order valence-electron chi connectivity index (χ1n) is 4.13. The second kappa shape index (κ2) is 3.38. The van der Waals surface area contributed by atoms with E-state index in [0.29, 0.717) is 12.2 Å². The molecule has 0 aliphatic rings. The number of aromatic hydroxyl groups is 1. The highest BCUT2D eigenvalue weighted by molar-refractivity contribution is 5.90. The Morgan fingerprint density at radius 1 is 1.21 bits per heavy atom. The van der Waals surface area contributed by atoms with Gasteiger partial charge in [-0.3, -0.25) is 4.79 Å². The van der Waals surface area contributed by atoms with Gasteiger partial charge in [0, 0.05) is 5.39 Å². The lowest BCUT2D eigenvalue weighted by Crippen LogP contribution is -1.89. The molecule has 0 aliphatic carbocycles. The molecule has 0 aromatic heterocycles. The standard InChI is InChI=1S/C11H8O3/c12-7-14-11-3-1-2-8-6-9(13)4-5-10(8)11/h1-7,13H. The van der Waals surface area contributed by atoms with Crippen molar-refractivity contribution in [1.82, 2.24) is 0 Å². The van der Waals surface area contributed by atoms with Crippen molar-refractivity contribution in [3.8, 4) is 11.5 Å². The molecular formula is C11H8O3. The van der Waals surface area contributed by atoms with Gasteiger partial charge < -0.3 is 9.84 Å². The molecule has 0 atom stereocenters. The van der Waals surface area contributed by atoms with Crippen LogP contribution in [0.4, 0.5) is 0 Å². The van der Waals surface area contributed by atoms with Gasteiger partial charge in [-0.2, -0.15) is 0 Å². The first-order valence-corrected chi connectivity index (χ1v) is 4.13. The van der Waals surface area contributed by atoms with E-state index in [1.807, 2.05) is 6.07 Å². The fourth-order valence-electron chi connectivity index (χ4n) is 1.40. The maximum absolute atomic E-state index is 10.2. The van der Waals surface area contributed by atoms with Crippen LogP contribution in [0.1, 0.15) is 0 Å². The average molecular weight is 188 g/mol. The summed E-state index contributed by atoms with van der Waals surface area (Å²) in [6.07, 6.45) is 0. The molecule has 0 unspecified atom stereocenters. The van der Waals surface area contributed by atoms with Gasteiger partial charge in [-0.25, -0.2) is 0 Å². The minimum Gasteiger partial charge on any atom is -0.508 e. The van der Waals surface area contributed by atoms with Crippen LogP contribution in [0.5, 0.6) is 11.5 Å². The Hall–Kier alpha value is -2.03. The normalized spacial score (nSPS) is 10.0. The van der Waals surface area contributed by atoms with E-state index in [1.165, 1.54) is 0 Å². The SMILES string of the molecule is O=COc1cccc2cc(O)ccc12. The number of carbonyl (C=O) groups excluding carboxylic acids is 1. The van der Waals surface area contributed by atoms with Gasteiger partial charge in [0.25, 0.3) is 6.47 Å². The predicted molar refractivity (Wildman–Crippen MR) is 52.3 cm³/mol. The molecule has 3 heteroatoms. The van der Waals surface area contributed by atoms with Gasteiger partial charge in [-0.15, -0.1) is 0 Å². The number of hydrogen-bond donors (Lipinski definition) is 1. The summed E-state index contributed by atoms with van der Waals surface area (Å²) in [4.78, 5) is 10.2. The topological polar surface area (TPSA) is 46.5 Å². The second-order valence-corrected chi connectivity index (χ2v) is 2.88. The lowest BCUT2D eigenvalue weighted by Gasteiger charge is -2.03. The summed E-state index contributed by atoms with van der Waals surface area (Å²) < 4.78 is 4.80. The monoisotopic (exact) mass is 188 g/mol. The summed E-state index contributed by atoms with van der Waals surface area (Å²) in [7, 11) is 0. The molecule has 0 saturated carbocycles. The van der Waals surface area contributed by atoms with E-state index >= 15 is 0 Å². The van der Waals surface area contributed by atoms with Gasteiger partial charge in [0.15, 0.2) is 0 Å². The van der Waals surface area contributed by atoms with Crippen molar-refractivity contribution in [1.29, 1.82) is 0 Å². The quantitative estimate of drug-likeness (QED) is 0.734. The second-order valence-electron chi connectivity index (χ2n) is 2.88. The Kier molecular flexibility index (Phi) is 2.07. The lowest BCUT2D eigenvalue weighted by atomic mass is 10.1. The van der Waals surface area contributed by atoms with E-state index in [2.05, 4.69) is 0 Å². The van der Waals surface area contributed by atoms with E-state index in [-0.39, 0.29) is 5.75 Å². The van der Waals surface area contributed by atoms with Crippen LogP contribution in [0, 0.1) is 0 Å². The maximum Gasteiger partial charge on any atom is 0.298 e. The van der Waals surface area contributed by atoms with Gasteiger partial charge in [0.1, 0.15) is 11.5 Å². The van der Waals surface area contributed by atoms with Crippen molar-refractivity contribution < 1.29 is 14.6 Å². The van der Waals surface area contributed by atoms with Crippen LogP contribution < -0.4 is 4.74 Å². The highest BCUT2D eigenvalue weighted by Gasteiger charge is 2.01. The first kappa shape index (κ1) is 8.56. The molecule has 0 heterocycles. The summed E-state index contributed by atoms with van der Waals surface area (Å²) in [5, 5.41) is 10.9. The van der Waals surface area contributed by atoms with E-state index in [4.69, 9.17) is 4.74 Å². The van der Waals surface area contributed by atoms with Crippen LogP contribution in [0.2, 0.25) is 0 Å². The van der Waals surface area contributed by atoms with E-state index in [1.54, 1.807) is 30.3 Å². The third-order valence-electron chi connectivity index (χ3n) is 2.00. The van der Waals surface area contributed by atoms with E-state index in [0.717, 1.165) is 10.8 Å². The van der Waals surface area contributed by atoms with Gasteiger partial charge >= 0.3 is 0 Å². The fourth-order valence-corrected chi connectivity index (χ4v) is 1.40. The highest BCUT2D eigenvalue weighted by atomic mass is 16.5. The molecule has 0 amide bonds. The summed E-state index contributed by atoms with van der Waals surface area (Å²) in [6, 6.07) is 10.2. The molecule has 3 nitrogen and oxygen atoms in total. The molecule has 2 aromatic carbocycles. The van der Waals surface area contributed by atoms with Gasteiger partial charge in [-0.1, -0.05) is 12.1 Å². The molecule has 0 spiro atoms. The number of benzene rings is 2. The van der Waals surface area contributed by atoms with Crippen LogP contribution in [0.25, 0.3) is 10.8 Å². The number of hydrogen-bond acceptors (Lipinski definition) is 3. The minimum atomic E-state index is 0.195. The van der Waals surface area contributed by atoms with Gasteiger partial charge in [-0.05, 0) is 29.7 Å². The molecule has 70 valence electrons. The molecule has 2 aromatic rings. The largest absolute Gasteiger partial charge is 0.508 e. The first-order chi connectivity index (χ1) is 6.81. The molecule has 0 bridgehead atoms. The molecule has 14 heavy (non-hydrogen) atoms. The van der Waals surface area contributed by atoms with Crippen molar-refractivity contribution >= 4 is 17.2 Å². The number of ether oxygens (including phenoxy) is 1. The number of phenolic OH excluding ortho intramolecular Hbond substituents is 1. The molecular weight excluding hydrogens is 180 g/mol. The van der Waals surface area contributed by atoms with Gasteiger partial charge in [0.2, 0.25) is 0 Å². The van der Waals surface area contributed by atoms with Crippen LogP contribution in [0.3, 0.4) is 0 Å². The van der Waals surface area contributed by atoms with Crippen molar-refractivity contribution in [2.24, 2.45) is 0 Å². The van der Waals surface area contributed by atoms with Crippen LogP contribution in [-0.4, -0.2) is 11.6 Å². The Morgan fingerprint density at radius 3 is 2.86 bits per heavy atom. The molecule has 0 fully saturated rings. The minimum absolute atomic E-state index is 0.195. The summed E-state index contributed by atoms with van der Waals surface area (Å²) >= 11 is 0. The zero-order chi connectivity index (χ0) is 9.97. The Morgan fingerprint density at radius 2 is 2.07 bits per heavy atom. The number of rotatable bonds is 2. The van der Waals surface area contributed by atoms with Crippen LogP contribution in [0.15, 0.2) is 36.4 Å². The predicted octanol–water partition coefficient (Wildman–Crippen LogP) is 2.08. The summed E-state index contributed by atoms with van der Waals surface area (Å²) in [5.41, 5.74) is 0. The average Bonchev–Trinajstić information content (AvgIpc) is 2.18. The fraction of sp³-hybridized carbons (Fsp3) is 0. The van der Waals surface area contributed by atoms with Crippen molar-refractivity contribution in [3.63, 3.8) is 0 Å². The van der Waals surface area contributed by atoms with Crippen LogP contribution >= 0.6 is 0 Å². The molecule has 0 saturated heterocycles. The molecule has 0 radical (unpaired) electrons. The van der Waals surface area contributed by atoms with Gasteiger partial charge in [0.05, 0.1) is 0 Å². The third-order valence-corrected chi connectivity index (χ3v) is 2.00. The Bertz CT molecular complexity index is 477. The van der Waals surface area contributed by atoms with Crippen molar-refractivity contribution in [3.05, 3.63) is 36.4 Å². The Labute approximate surface area is 80.5 Å². The smallest absolute Gasteiger partial charge is 0.298 e. The highest BCUT2D eigenvalue weighted by Crippen LogP contribution is 2.27. The number of fused-ring (bicyclic) bond motifs is 1.